The number of likely N-dealkylation sites (N-methyl/N-ethyl adjacent to an activating group) is 1. The third-order valence-corrected chi connectivity index (χ3v) is 4.59. The molecule has 2 N–H and O–H groups in total. The van der Waals surface area contributed by atoms with Crippen molar-refractivity contribution in [3.63, 3.8) is 0 Å². The quantitative estimate of drug-likeness (QED) is 0.887. The lowest BCUT2D eigenvalue weighted by molar-refractivity contribution is -0.124. The molecule has 2 rings (SSSR count). The highest BCUT2D eigenvalue weighted by Gasteiger charge is 2.34. The number of urea groups is 1. The van der Waals surface area contributed by atoms with Gasteiger partial charge in [-0.2, -0.15) is 0 Å². The second kappa shape index (κ2) is 7.21. The molecule has 0 aliphatic carbocycles. The van der Waals surface area contributed by atoms with Crippen molar-refractivity contribution in [1.29, 1.82) is 0 Å². The second-order valence-corrected chi connectivity index (χ2v) is 6.96. The summed E-state index contributed by atoms with van der Waals surface area (Å²) in [5, 5.41) is 6.26. The topological polar surface area (TPSA) is 61.4 Å². The molecular formula is C17H24ClN3O2. The molecule has 6 heteroatoms. The minimum atomic E-state index is -0.366. The van der Waals surface area contributed by atoms with E-state index >= 15 is 0 Å². The van der Waals surface area contributed by atoms with Gasteiger partial charge in [0.2, 0.25) is 5.91 Å². The number of hydrogen-bond acceptors (Lipinski definition) is 2. The van der Waals surface area contributed by atoms with E-state index in [9.17, 15) is 9.59 Å². The van der Waals surface area contributed by atoms with Gasteiger partial charge in [0.25, 0.3) is 0 Å². The number of carbonyl (C=O) groups excluding carboxylic acids is 2. The van der Waals surface area contributed by atoms with E-state index in [0.717, 1.165) is 12.0 Å². The van der Waals surface area contributed by atoms with Gasteiger partial charge in [-0.15, -0.1) is 0 Å². The largest absolute Gasteiger partial charge is 0.357 e. The van der Waals surface area contributed by atoms with E-state index in [1.807, 2.05) is 24.3 Å². The standard InChI is InChI=1S/C17H24ClN3O2/c1-17(2,12-6-4-7-13(18)10-12)11-20-16(23)21-9-5-8-14(21)15(22)19-3/h4,6-7,10,14H,5,8-9,11H2,1-3H3,(H,19,22)(H,20,23). The Bertz CT molecular complexity index is 589. The van der Waals surface area contributed by atoms with Crippen molar-refractivity contribution in [2.75, 3.05) is 20.1 Å². The minimum Gasteiger partial charge on any atom is -0.357 e. The van der Waals surface area contributed by atoms with Crippen LogP contribution in [0.4, 0.5) is 4.79 Å². The normalized spacial score (nSPS) is 17.9. The lowest BCUT2D eigenvalue weighted by Gasteiger charge is -2.29. The third-order valence-electron chi connectivity index (χ3n) is 4.35. The summed E-state index contributed by atoms with van der Waals surface area (Å²) in [5.74, 6) is -0.105. The third kappa shape index (κ3) is 4.16. The Morgan fingerprint density at radius 2 is 2.13 bits per heavy atom. The van der Waals surface area contributed by atoms with E-state index in [2.05, 4.69) is 24.5 Å². The Kier molecular flexibility index (Phi) is 5.52. The smallest absolute Gasteiger partial charge is 0.318 e. The molecule has 0 bridgehead atoms. The molecule has 1 aromatic carbocycles. The molecule has 1 saturated heterocycles. The number of hydrogen-bond donors (Lipinski definition) is 2. The highest BCUT2D eigenvalue weighted by Crippen LogP contribution is 2.25. The molecule has 0 spiro atoms. The summed E-state index contributed by atoms with van der Waals surface area (Å²) in [4.78, 5) is 25.9. The maximum Gasteiger partial charge on any atom is 0.318 e. The zero-order valence-electron chi connectivity index (χ0n) is 13.9. The molecule has 0 aromatic heterocycles. The molecule has 1 unspecified atom stereocenters. The molecule has 1 aliphatic heterocycles. The number of likely N-dealkylation sites (tertiary alicyclic amines) is 1. The average molecular weight is 338 g/mol. The molecule has 23 heavy (non-hydrogen) atoms. The van der Waals surface area contributed by atoms with Gasteiger partial charge < -0.3 is 15.5 Å². The molecule has 1 aliphatic rings. The van der Waals surface area contributed by atoms with Crippen LogP contribution in [0.3, 0.4) is 0 Å². The van der Waals surface area contributed by atoms with E-state index in [0.29, 0.717) is 24.5 Å². The van der Waals surface area contributed by atoms with Gasteiger partial charge in [-0.05, 0) is 30.5 Å². The maximum absolute atomic E-state index is 12.4. The second-order valence-electron chi connectivity index (χ2n) is 6.52. The number of halogens is 1. The number of benzene rings is 1. The van der Waals surface area contributed by atoms with Gasteiger partial charge in [-0.25, -0.2) is 4.79 Å². The molecule has 5 nitrogen and oxygen atoms in total. The summed E-state index contributed by atoms with van der Waals surface area (Å²) < 4.78 is 0. The van der Waals surface area contributed by atoms with Crippen molar-refractivity contribution in [3.8, 4) is 0 Å². The van der Waals surface area contributed by atoms with Gasteiger partial charge in [0, 0.05) is 30.6 Å². The first-order chi connectivity index (χ1) is 10.8. The molecule has 126 valence electrons. The summed E-state index contributed by atoms with van der Waals surface area (Å²) in [6.07, 6.45) is 1.56. The zero-order chi connectivity index (χ0) is 17.0. The fourth-order valence-corrected chi connectivity index (χ4v) is 3.05. The van der Waals surface area contributed by atoms with Crippen LogP contribution in [0.2, 0.25) is 5.02 Å². The molecule has 0 radical (unpaired) electrons. The summed E-state index contributed by atoms with van der Waals surface area (Å²) in [7, 11) is 1.60. The monoisotopic (exact) mass is 337 g/mol. The Balaban J connectivity index is 1.99. The van der Waals surface area contributed by atoms with Crippen LogP contribution in [0.15, 0.2) is 24.3 Å². The predicted octanol–water partition coefficient (Wildman–Crippen LogP) is 2.54. The van der Waals surface area contributed by atoms with Crippen LogP contribution in [-0.4, -0.2) is 43.0 Å². The summed E-state index contributed by atoms with van der Waals surface area (Å²) in [5.41, 5.74) is 0.817. The van der Waals surface area contributed by atoms with Crippen molar-refractivity contribution in [2.45, 2.75) is 38.1 Å². The van der Waals surface area contributed by atoms with Crippen LogP contribution in [0.1, 0.15) is 32.3 Å². The van der Waals surface area contributed by atoms with Gasteiger partial charge in [-0.1, -0.05) is 37.6 Å². The van der Waals surface area contributed by atoms with E-state index in [1.54, 1.807) is 11.9 Å². The van der Waals surface area contributed by atoms with Crippen molar-refractivity contribution >= 4 is 23.5 Å². The summed E-state index contributed by atoms with van der Waals surface area (Å²) >= 11 is 6.05. The summed E-state index contributed by atoms with van der Waals surface area (Å²) in [6.45, 7) is 5.20. The summed E-state index contributed by atoms with van der Waals surface area (Å²) in [6, 6.07) is 7.10. The van der Waals surface area contributed by atoms with E-state index in [4.69, 9.17) is 11.6 Å². The first-order valence-corrected chi connectivity index (χ1v) is 8.25. The molecule has 1 heterocycles. The van der Waals surface area contributed by atoms with Gasteiger partial charge in [0.05, 0.1) is 0 Å². The van der Waals surface area contributed by atoms with E-state index in [1.165, 1.54) is 0 Å². The zero-order valence-corrected chi connectivity index (χ0v) is 14.6. The van der Waals surface area contributed by atoms with E-state index in [-0.39, 0.29) is 23.4 Å². The van der Waals surface area contributed by atoms with Crippen LogP contribution >= 0.6 is 11.6 Å². The number of amides is 3. The molecule has 3 amide bonds. The van der Waals surface area contributed by atoms with Crippen LogP contribution in [-0.2, 0) is 10.2 Å². The molecule has 1 atom stereocenters. The van der Waals surface area contributed by atoms with Crippen LogP contribution < -0.4 is 10.6 Å². The predicted molar refractivity (Wildman–Crippen MR) is 91.7 cm³/mol. The fraction of sp³-hybridized carbons (Fsp3) is 0.529. The number of carbonyl (C=O) groups is 2. The highest BCUT2D eigenvalue weighted by atomic mass is 35.5. The van der Waals surface area contributed by atoms with Gasteiger partial charge in [0.15, 0.2) is 0 Å². The number of rotatable bonds is 4. The van der Waals surface area contributed by atoms with Crippen LogP contribution in [0.25, 0.3) is 0 Å². The maximum atomic E-state index is 12.4. The van der Waals surface area contributed by atoms with Crippen molar-refractivity contribution in [3.05, 3.63) is 34.9 Å². The lowest BCUT2D eigenvalue weighted by Crippen LogP contribution is -2.50. The van der Waals surface area contributed by atoms with E-state index < -0.39 is 0 Å². The van der Waals surface area contributed by atoms with Crippen molar-refractivity contribution in [1.82, 2.24) is 15.5 Å². The van der Waals surface area contributed by atoms with Gasteiger partial charge in [0.1, 0.15) is 6.04 Å². The Morgan fingerprint density at radius 1 is 1.39 bits per heavy atom. The molecule has 0 saturated carbocycles. The van der Waals surface area contributed by atoms with Crippen molar-refractivity contribution < 1.29 is 9.59 Å². The number of nitrogens with one attached hydrogen (secondary N) is 2. The average Bonchev–Trinajstić information content (AvgIpc) is 3.01. The first-order valence-electron chi connectivity index (χ1n) is 7.87. The first kappa shape index (κ1) is 17.6. The SMILES string of the molecule is CNC(=O)C1CCCN1C(=O)NCC(C)(C)c1cccc(Cl)c1. The van der Waals surface area contributed by atoms with Gasteiger partial charge in [-0.3, -0.25) is 4.79 Å². The van der Waals surface area contributed by atoms with Crippen LogP contribution in [0.5, 0.6) is 0 Å². The van der Waals surface area contributed by atoms with Gasteiger partial charge >= 0.3 is 6.03 Å². The Labute approximate surface area is 142 Å². The molecular weight excluding hydrogens is 314 g/mol. The van der Waals surface area contributed by atoms with Crippen LogP contribution in [0, 0.1) is 0 Å². The Hall–Kier alpha value is -1.75. The molecule has 1 aromatic rings. The Morgan fingerprint density at radius 3 is 2.78 bits per heavy atom. The van der Waals surface area contributed by atoms with Crippen molar-refractivity contribution in [2.24, 2.45) is 0 Å². The number of nitrogens with zero attached hydrogens (tertiary/aromatic N) is 1. The molecule has 1 fully saturated rings. The fourth-order valence-electron chi connectivity index (χ4n) is 2.86. The minimum absolute atomic E-state index is 0.105. The highest BCUT2D eigenvalue weighted by molar-refractivity contribution is 6.30. The lowest BCUT2D eigenvalue weighted by atomic mass is 9.84.